The lowest BCUT2D eigenvalue weighted by Gasteiger charge is -2.19. The molecule has 0 saturated carbocycles. The summed E-state index contributed by atoms with van der Waals surface area (Å²) in [4.78, 5) is 16.1. The normalized spacial score (nSPS) is 18.3. The van der Waals surface area contributed by atoms with Gasteiger partial charge < -0.3 is 20.1 Å². The van der Waals surface area contributed by atoms with Crippen LogP contribution in [0.1, 0.15) is 49.9 Å². The smallest absolute Gasteiger partial charge is 0.246 e. The Balaban J connectivity index is 1.47. The van der Waals surface area contributed by atoms with Gasteiger partial charge in [0.05, 0.1) is 18.7 Å². The highest BCUT2D eigenvalue weighted by Crippen LogP contribution is 2.32. The molecule has 2 aromatic heterocycles. The number of halogens is 1. The van der Waals surface area contributed by atoms with E-state index in [0.717, 1.165) is 42.1 Å². The topological polar surface area (TPSA) is 128 Å². The van der Waals surface area contributed by atoms with Crippen molar-refractivity contribution >= 4 is 21.7 Å². The maximum absolute atomic E-state index is 15.2. The van der Waals surface area contributed by atoms with E-state index in [4.69, 9.17) is 9.47 Å². The van der Waals surface area contributed by atoms with Crippen molar-refractivity contribution < 1.29 is 27.1 Å². The number of nitrogens with zero attached hydrogens (tertiary/aromatic N) is 4. The van der Waals surface area contributed by atoms with Crippen molar-refractivity contribution in [3.63, 3.8) is 0 Å². The minimum absolute atomic E-state index is 0.00441. The molecule has 1 aliphatic heterocycles. The van der Waals surface area contributed by atoms with Crippen LogP contribution in [0.3, 0.4) is 0 Å². The van der Waals surface area contributed by atoms with Gasteiger partial charge >= 0.3 is 0 Å². The lowest BCUT2D eigenvalue weighted by Crippen LogP contribution is -2.42. The van der Waals surface area contributed by atoms with Crippen molar-refractivity contribution in [3.8, 4) is 5.75 Å². The zero-order valence-electron chi connectivity index (χ0n) is 23.7. The molecule has 1 amide bonds. The fourth-order valence-corrected chi connectivity index (χ4v) is 6.28. The van der Waals surface area contributed by atoms with Crippen molar-refractivity contribution in [2.75, 3.05) is 38.7 Å². The van der Waals surface area contributed by atoms with E-state index < -0.39 is 21.9 Å². The molecule has 0 bridgehead atoms. The van der Waals surface area contributed by atoms with E-state index in [-0.39, 0.29) is 48.3 Å². The van der Waals surface area contributed by atoms with Crippen LogP contribution in [-0.2, 0) is 26.6 Å². The number of aromatic nitrogens is 3. The molecule has 41 heavy (non-hydrogen) atoms. The molecule has 0 spiro atoms. The second-order valence-corrected chi connectivity index (χ2v) is 12.0. The molecule has 11 nitrogen and oxygen atoms in total. The second-order valence-electron chi connectivity index (χ2n) is 10.1. The van der Waals surface area contributed by atoms with Gasteiger partial charge in [0.15, 0.2) is 11.6 Å². The minimum atomic E-state index is -4.11. The molecule has 222 valence electrons. The molecule has 3 atom stereocenters. The molecule has 3 heterocycles. The van der Waals surface area contributed by atoms with Crippen molar-refractivity contribution in [2.45, 2.75) is 49.6 Å². The number of benzene rings is 1. The van der Waals surface area contributed by atoms with Gasteiger partial charge in [-0.25, -0.2) is 17.8 Å². The number of unbranched alkanes of at least 4 members (excludes halogenated alkanes) is 1. The number of carbonyl (C=O) groups is 1. The molecule has 2 N–H and O–H groups in total. The first-order chi connectivity index (χ1) is 19.6. The molecule has 13 heteroatoms. The number of anilines is 1. The van der Waals surface area contributed by atoms with Crippen LogP contribution in [0.2, 0.25) is 0 Å². The Kier molecular flexibility index (Phi) is 9.94. The Morgan fingerprint density at radius 3 is 2.61 bits per heavy atom. The summed E-state index contributed by atoms with van der Waals surface area (Å²) < 4.78 is 55.7. The van der Waals surface area contributed by atoms with Gasteiger partial charge in [0.1, 0.15) is 17.3 Å². The minimum Gasteiger partial charge on any atom is -0.494 e. The lowest BCUT2D eigenvalue weighted by molar-refractivity contribution is -0.125. The zero-order chi connectivity index (χ0) is 29.6. The van der Waals surface area contributed by atoms with E-state index in [0.29, 0.717) is 6.61 Å². The second kappa shape index (κ2) is 13.4. The standard InChI is InChI=1S/C28H37FN6O5S/c1-5-6-13-40-21-9-7-20(8-10-21)19(2)32-28-24(29)14-22(15-30-28)41(37,38)35-16-23(26-11-12-31-34(26)3)25(17-35)33-27(36)18-39-4/h7-12,14-15,19,23,25H,5-6,13,16-18H2,1-4H3,(H,30,32)(H,33,36)/t19?,23-,25-/m1/s1. The largest absolute Gasteiger partial charge is 0.494 e. The van der Waals surface area contributed by atoms with Crippen molar-refractivity contribution in [2.24, 2.45) is 7.05 Å². The van der Waals surface area contributed by atoms with Crippen LogP contribution in [0, 0.1) is 5.82 Å². The molecule has 0 aliphatic carbocycles. The number of amides is 1. The molecule has 1 fully saturated rings. The number of hydrogen-bond acceptors (Lipinski definition) is 8. The number of pyridine rings is 1. The van der Waals surface area contributed by atoms with Gasteiger partial charge in [-0.15, -0.1) is 0 Å². The summed E-state index contributed by atoms with van der Waals surface area (Å²) in [5.41, 5.74) is 1.66. The van der Waals surface area contributed by atoms with Gasteiger partial charge in [0.2, 0.25) is 15.9 Å². The molecule has 1 aromatic carbocycles. The summed E-state index contributed by atoms with van der Waals surface area (Å²) in [6.07, 6.45) is 4.79. The van der Waals surface area contributed by atoms with E-state index in [1.54, 1.807) is 24.0 Å². The van der Waals surface area contributed by atoms with Gasteiger partial charge in [-0.2, -0.15) is 9.40 Å². The molecule has 1 unspecified atom stereocenters. The first kappa shape index (κ1) is 30.4. The number of aryl methyl sites for hydroxylation is 1. The molecule has 4 rings (SSSR count). The molecule has 1 aliphatic rings. The third-order valence-electron chi connectivity index (χ3n) is 7.10. The van der Waals surface area contributed by atoms with Crippen LogP contribution in [0.25, 0.3) is 0 Å². The van der Waals surface area contributed by atoms with Crippen molar-refractivity contribution in [3.05, 3.63) is 65.9 Å². The highest BCUT2D eigenvalue weighted by atomic mass is 32.2. The molecule has 1 saturated heterocycles. The van der Waals surface area contributed by atoms with Crippen LogP contribution >= 0.6 is 0 Å². The summed E-state index contributed by atoms with van der Waals surface area (Å²) in [6.45, 7) is 4.54. The zero-order valence-corrected chi connectivity index (χ0v) is 24.5. The number of nitrogens with one attached hydrogen (secondary N) is 2. The number of sulfonamides is 1. The fraction of sp³-hybridized carbons (Fsp3) is 0.464. The summed E-state index contributed by atoms with van der Waals surface area (Å²) >= 11 is 0. The molecule has 3 aromatic rings. The first-order valence-corrected chi connectivity index (χ1v) is 15.0. The van der Waals surface area contributed by atoms with Gasteiger partial charge in [-0.1, -0.05) is 25.5 Å². The highest BCUT2D eigenvalue weighted by molar-refractivity contribution is 7.89. The number of hydrogen-bond donors (Lipinski definition) is 2. The van der Waals surface area contributed by atoms with E-state index in [2.05, 4.69) is 27.6 Å². The predicted octanol–water partition coefficient (Wildman–Crippen LogP) is 3.23. The van der Waals surface area contributed by atoms with Crippen molar-refractivity contribution in [1.29, 1.82) is 0 Å². The van der Waals surface area contributed by atoms with Crippen LogP contribution in [0.4, 0.5) is 10.2 Å². The van der Waals surface area contributed by atoms with Crippen LogP contribution in [-0.4, -0.2) is 72.8 Å². The van der Waals surface area contributed by atoms with Gasteiger partial charge in [-0.3, -0.25) is 9.48 Å². The van der Waals surface area contributed by atoms with Gasteiger partial charge in [-0.05, 0) is 43.2 Å². The van der Waals surface area contributed by atoms with E-state index >= 15 is 4.39 Å². The van der Waals surface area contributed by atoms with Crippen LogP contribution in [0.5, 0.6) is 5.75 Å². The average Bonchev–Trinajstić information content (AvgIpc) is 3.56. The quantitative estimate of drug-likeness (QED) is 0.292. The van der Waals surface area contributed by atoms with E-state index in [1.165, 1.54) is 11.4 Å². The first-order valence-electron chi connectivity index (χ1n) is 13.5. The Hall–Kier alpha value is -3.55. The van der Waals surface area contributed by atoms with Gasteiger partial charge in [0.25, 0.3) is 0 Å². The Morgan fingerprint density at radius 1 is 1.22 bits per heavy atom. The number of carbonyl (C=O) groups excluding carboxylic acids is 1. The monoisotopic (exact) mass is 588 g/mol. The molecular weight excluding hydrogens is 551 g/mol. The fourth-order valence-electron chi connectivity index (χ4n) is 4.83. The van der Waals surface area contributed by atoms with Crippen LogP contribution in [0.15, 0.2) is 53.7 Å². The average molecular weight is 589 g/mol. The van der Waals surface area contributed by atoms with Crippen LogP contribution < -0.4 is 15.4 Å². The Labute approximate surface area is 240 Å². The van der Waals surface area contributed by atoms with E-state index in [1.807, 2.05) is 31.2 Å². The van der Waals surface area contributed by atoms with Gasteiger partial charge in [0, 0.05) is 51.3 Å². The molecule has 0 radical (unpaired) electrons. The predicted molar refractivity (Wildman–Crippen MR) is 152 cm³/mol. The summed E-state index contributed by atoms with van der Waals surface area (Å²) in [5.74, 6) is -0.800. The Morgan fingerprint density at radius 2 is 1.98 bits per heavy atom. The Bertz CT molecular complexity index is 1430. The SMILES string of the molecule is CCCCOc1ccc(C(C)Nc2ncc(S(=O)(=O)N3C[C@@H](NC(=O)COC)[C@H](c4ccnn4C)C3)cc2F)cc1. The summed E-state index contributed by atoms with van der Waals surface area (Å²) in [6, 6.07) is 9.45. The third-order valence-corrected chi connectivity index (χ3v) is 8.90. The highest BCUT2D eigenvalue weighted by Gasteiger charge is 2.42. The maximum atomic E-state index is 15.2. The lowest BCUT2D eigenvalue weighted by atomic mass is 9.99. The number of methoxy groups -OCH3 is 1. The van der Waals surface area contributed by atoms with Crippen molar-refractivity contribution in [1.82, 2.24) is 24.4 Å². The molecular formula is C28H37FN6O5S. The third kappa shape index (κ3) is 7.21. The van der Waals surface area contributed by atoms with E-state index in [9.17, 15) is 13.2 Å². The number of rotatable bonds is 13. The number of ether oxygens (including phenoxy) is 2. The maximum Gasteiger partial charge on any atom is 0.246 e. The summed E-state index contributed by atoms with van der Waals surface area (Å²) in [7, 11) is -0.954. The summed E-state index contributed by atoms with van der Waals surface area (Å²) in [5, 5.41) is 10.0.